The summed E-state index contributed by atoms with van der Waals surface area (Å²) in [6.07, 6.45) is 8.53. The van der Waals surface area contributed by atoms with E-state index in [9.17, 15) is 0 Å². The van der Waals surface area contributed by atoms with Gasteiger partial charge in [0.2, 0.25) is 0 Å². The summed E-state index contributed by atoms with van der Waals surface area (Å²) in [5.74, 6) is 3.99. The molecule has 32 heavy (non-hydrogen) atoms. The third-order valence-electron chi connectivity index (χ3n) is 6.63. The van der Waals surface area contributed by atoms with Crippen molar-refractivity contribution >= 4 is 5.82 Å². The number of hydrogen-bond donors (Lipinski definition) is 0. The first-order valence-electron chi connectivity index (χ1n) is 11.7. The highest BCUT2D eigenvalue weighted by atomic mass is 16.5. The number of ether oxygens (including phenoxy) is 1. The second-order valence-corrected chi connectivity index (χ2v) is 9.18. The molecule has 5 nitrogen and oxygen atoms in total. The van der Waals surface area contributed by atoms with Gasteiger partial charge >= 0.3 is 0 Å². The molecular weight excluding hydrogens is 396 g/mol. The lowest BCUT2D eigenvalue weighted by atomic mass is 9.80. The first kappa shape index (κ1) is 22.3. The van der Waals surface area contributed by atoms with Crippen LogP contribution in [-0.2, 0) is 0 Å². The maximum Gasteiger partial charge on any atom is 0.179 e. The van der Waals surface area contributed by atoms with Gasteiger partial charge in [0.1, 0.15) is 0 Å². The molecule has 0 radical (unpaired) electrons. The lowest BCUT2D eigenvalue weighted by molar-refractivity contribution is 0.325. The Labute approximate surface area is 191 Å². The van der Waals surface area contributed by atoms with Crippen molar-refractivity contribution in [1.82, 2.24) is 15.0 Å². The molecule has 1 aliphatic rings. The largest absolute Gasteiger partial charge is 0.491 e. The number of pyridine rings is 1. The van der Waals surface area contributed by atoms with Crippen molar-refractivity contribution in [2.75, 3.05) is 25.6 Å². The van der Waals surface area contributed by atoms with Crippen molar-refractivity contribution in [2.24, 2.45) is 5.92 Å². The number of rotatable bonds is 7. The molecule has 0 unspecified atom stereocenters. The molecule has 3 aromatic rings. The smallest absolute Gasteiger partial charge is 0.179 e. The van der Waals surface area contributed by atoms with Gasteiger partial charge in [-0.3, -0.25) is 4.98 Å². The Kier molecular flexibility index (Phi) is 7.03. The summed E-state index contributed by atoms with van der Waals surface area (Å²) in [6.45, 7) is 5.38. The van der Waals surface area contributed by atoms with Crippen molar-refractivity contribution in [3.8, 4) is 17.1 Å². The van der Waals surface area contributed by atoms with Crippen molar-refractivity contribution < 1.29 is 4.74 Å². The van der Waals surface area contributed by atoms with Crippen LogP contribution in [-0.4, -0.2) is 35.7 Å². The highest BCUT2D eigenvalue weighted by molar-refractivity contribution is 5.64. The number of nitrogens with zero attached hydrogens (tertiary/aromatic N) is 4. The van der Waals surface area contributed by atoms with Crippen LogP contribution in [0.4, 0.5) is 5.82 Å². The van der Waals surface area contributed by atoms with E-state index in [4.69, 9.17) is 9.72 Å². The first-order chi connectivity index (χ1) is 15.6. The van der Waals surface area contributed by atoms with E-state index in [0.717, 1.165) is 29.5 Å². The third kappa shape index (κ3) is 4.93. The van der Waals surface area contributed by atoms with Crippen LogP contribution >= 0.6 is 0 Å². The van der Waals surface area contributed by atoms with Crippen LogP contribution in [0.3, 0.4) is 0 Å². The number of methoxy groups -OCH3 is 1. The highest BCUT2D eigenvalue weighted by Gasteiger charge is 2.25. The Bertz CT molecular complexity index is 1010. The van der Waals surface area contributed by atoms with Crippen LogP contribution in [0.25, 0.3) is 11.4 Å². The average Bonchev–Trinajstić information content (AvgIpc) is 2.84. The average molecular weight is 431 g/mol. The Morgan fingerprint density at radius 2 is 1.75 bits per heavy atom. The Hall–Kier alpha value is -2.95. The molecule has 1 aliphatic carbocycles. The summed E-state index contributed by atoms with van der Waals surface area (Å²) >= 11 is 0. The quantitative estimate of drug-likeness (QED) is 0.455. The van der Waals surface area contributed by atoms with E-state index in [0.29, 0.717) is 17.8 Å². The van der Waals surface area contributed by atoms with E-state index in [1.807, 2.05) is 18.5 Å². The fourth-order valence-electron chi connectivity index (χ4n) is 4.85. The van der Waals surface area contributed by atoms with Crippen LogP contribution in [0.2, 0.25) is 0 Å². The van der Waals surface area contributed by atoms with E-state index in [-0.39, 0.29) is 0 Å². The molecule has 0 saturated heterocycles. The zero-order valence-corrected chi connectivity index (χ0v) is 19.7. The van der Waals surface area contributed by atoms with Gasteiger partial charge in [-0.05, 0) is 55.2 Å². The van der Waals surface area contributed by atoms with Crippen LogP contribution in [0.15, 0.2) is 54.9 Å². The minimum absolute atomic E-state index is 0.410. The van der Waals surface area contributed by atoms with Crippen LogP contribution in [0.1, 0.15) is 62.6 Å². The number of hydrogen-bond acceptors (Lipinski definition) is 5. The topological polar surface area (TPSA) is 51.1 Å². The lowest BCUT2D eigenvalue weighted by Crippen LogP contribution is -2.29. The molecular formula is C27H34N4O. The number of anilines is 1. The molecule has 0 spiro atoms. The van der Waals surface area contributed by atoms with Gasteiger partial charge in [0.15, 0.2) is 17.4 Å². The molecule has 0 N–H and O–H groups in total. The van der Waals surface area contributed by atoms with Crippen molar-refractivity contribution in [2.45, 2.75) is 51.4 Å². The Morgan fingerprint density at radius 1 is 1.00 bits per heavy atom. The third-order valence-corrected chi connectivity index (χ3v) is 6.63. The summed E-state index contributed by atoms with van der Waals surface area (Å²) in [6, 6.07) is 14.7. The van der Waals surface area contributed by atoms with Crippen LogP contribution in [0, 0.1) is 5.92 Å². The summed E-state index contributed by atoms with van der Waals surface area (Å²) in [4.78, 5) is 16.4. The predicted molar refractivity (Wildman–Crippen MR) is 130 cm³/mol. The zero-order valence-electron chi connectivity index (χ0n) is 19.7. The van der Waals surface area contributed by atoms with Gasteiger partial charge in [0.25, 0.3) is 0 Å². The van der Waals surface area contributed by atoms with Crippen LogP contribution < -0.4 is 9.64 Å². The number of benzene rings is 1. The second kappa shape index (κ2) is 10.1. The molecule has 5 heteroatoms. The fraction of sp³-hybridized carbons (Fsp3) is 0.444. The van der Waals surface area contributed by atoms with Gasteiger partial charge in [-0.15, -0.1) is 0 Å². The van der Waals surface area contributed by atoms with Gasteiger partial charge in [0.05, 0.1) is 13.3 Å². The summed E-state index contributed by atoms with van der Waals surface area (Å²) in [5, 5.41) is 0. The van der Waals surface area contributed by atoms with E-state index in [1.54, 1.807) is 7.11 Å². The molecule has 2 aromatic heterocycles. The summed E-state index contributed by atoms with van der Waals surface area (Å²) in [7, 11) is 3.81. The van der Waals surface area contributed by atoms with Gasteiger partial charge in [0, 0.05) is 37.0 Å². The molecule has 2 heterocycles. The van der Waals surface area contributed by atoms with E-state index < -0.39 is 0 Å². The standard InChI is InChI=1S/C27H34N4O/c1-19(2)22-9-5-6-10-23(22)26-29-17-25(32-4)27(30-26)31(3)18-20-12-14-21(15-13-20)24-11-7-8-16-28-24/h5-11,16-17,19-21H,12-15,18H2,1-4H3. The van der Waals surface area contributed by atoms with E-state index >= 15 is 0 Å². The highest BCUT2D eigenvalue weighted by Crippen LogP contribution is 2.37. The van der Waals surface area contributed by atoms with Crippen LogP contribution in [0.5, 0.6) is 5.75 Å². The Balaban J connectivity index is 1.49. The molecule has 1 fully saturated rings. The summed E-state index contributed by atoms with van der Waals surface area (Å²) < 4.78 is 5.62. The molecule has 0 amide bonds. The molecule has 0 aliphatic heterocycles. The van der Waals surface area contributed by atoms with E-state index in [1.165, 1.54) is 36.9 Å². The normalized spacial score (nSPS) is 18.5. The van der Waals surface area contributed by atoms with Gasteiger partial charge < -0.3 is 9.64 Å². The molecule has 168 valence electrons. The molecule has 1 saturated carbocycles. The minimum Gasteiger partial charge on any atom is -0.491 e. The maximum absolute atomic E-state index is 5.62. The van der Waals surface area contributed by atoms with Gasteiger partial charge in [-0.25, -0.2) is 9.97 Å². The molecule has 4 rings (SSSR count). The van der Waals surface area contributed by atoms with Crippen molar-refractivity contribution in [3.63, 3.8) is 0 Å². The molecule has 0 atom stereocenters. The lowest BCUT2D eigenvalue weighted by Gasteiger charge is -2.32. The molecule has 0 bridgehead atoms. The SMILES string of the molecule is COc1cnc(-c2ccccc2C(C)C)nc1N(C)CC1CCC(c2ccccn2)CC1. The minimum atomic E-state index is 0.410. The monoisotopic (exact) mass is 430 g/mol. The van der Waals surface area contributed by atoms with E-state index in [2.05, 4.69) is 72.2 Å². The predicted octanol–water partition coefficient (Wildman–Crippen LogP) is 6.08. The maximum atomic E-state index is 5.62. The first-order valence-corrected chi connectivity index (χ1v) is 11.7. The Morgan fingerprint density at radius 3 is 2.44 bits per heavy atom. The molecule has 1 aromatic carbocycles. The van der Waals surface area contributed by atoms with Gasteiger partial charge in [-0.1, -0.05) is 44.2 Å². The van der Waals surface area contributed by atoms with Crippen molar-refractivity contribution in [1.29, 1.82) is 0 Å². The summed E-state index contributed by atoms with van der Waals surface area (Å²) in [5.41, 5.74) is 3.60. The van der Waals surface area contributed by atoms with Gasteiger partial charge in [-0.2, -0.15) is 0 Å². The second-order valence-electron chi connectivity index (χ2n) is 9.18. The zero-order chi connectivity index (χ0) is 22.5. The fourth-order valence-corrected chi connectivity index (χ4v) is 4.85. The van der Waals surface area contributed by atoms with Crippen molar-refractivity contribution in [3.05, 3.63) is 66.1 Å². The number of aromatic nitrogens is 3.